The monoisotopic (exact) mass is 308 g/mol. The van der Waals surface area contributed by atoms with Crippen molar-refractivity contribution >= 4 is 0 Å². The lowest BCUT2D eigenvalue weighted by atomic mass is 10.2. The molecule has 0 bridgehead atoms. The van der Waals surface area contributed by atoms with Crippen molar-refractivity contribution in [2.75, 3.05) is 60.2 Å². The lowest BCUT2D eigenvalue weighted by molar-refractivity contribution is 0.0531. The van der Waals surface area contributed by atoms with Gasteiger partial charge in [0.2, 0.25) is 0 Å². The van der Waals surface area contributed by atoms with Crippen molar-refractivity contribution in [1.29, 1.82) is 0 Å². The van der Waals surface area contributed by atoms with E-state index in [0.29, 0.717) is 6.04 Å². The van der Waals surface area contributed by atoms with Crippen molar-refractivity contribution in [1.82, 2.24) is 9.80 Å². The average Bonchev–Trinajstić information content (AvgIpc) is 2.55. The summed E-state index contributed by atoms with van der Waals surface area (Å²) < 4.78 is 16.1. The summed E-state index contributed by atoms with van der Waals surface area (Å²) in [5, 5.41) is 0. The first-order valence-electron chi connectivity index (χ1n) is 7.95. The van der Waals surface area contributed by atoms with Crippen LogP contribution < -0.4 is 9.47 Å². The molecule has 0 N–H and O–H groups in total. The fourth-order valence-electron chi connectivity index (χ4n) is 2.78. The summed E-state index contributed by atoms with van der Waals surface area (Å²) in [4.78, 5) is 4.96. The molecule has 1 aliphatic heterocycles. The van der Waals surface area contributed by atoms with E-state index in [1.165, 1.54) is 0 Å². The highest BCUT2D eigenvalue weighted by atomic mass is 16.5. The average molecular weight is 308 g/mol. The van der Waals surface area contributed by atoms with Gasteiger partial charge in [0.15, 0.2) is 0 Å². The number of rotatable bonds is 8. The number of methoxy groups -OCH3 is 2. The van der Waals surface area contributed by atoms with Gasteiger partial charge in [-0.05, 0) is 31.2 Å². The summed E-state index contributed by atoms with van der Waals surface area (Å²) in [6, 6.07) is 8.32. The quantitative estimate of drug-likeness (QED) is 0.730. The normalized spacial score (nSPS) is 20.0. The highest BCUT2D eigenvalue weighted by Crippen LogP contribution is 2.17. The van der Waals surface area contributed by atoms with Crippen LogP contribution in [0.2, 0.25) is 0 Å². The number of benzene rings is 1. The molecule has 5 nitrogen and oxygen atoms in total. The summed E-state index contributed by atoms with van der Waals surface area (Å²) in [5.74, 6) is 1.75. The molecule has 5 heteroatoms. The van der Waals surface area contributed by atoms with Crippen molar-refractivity contribution < 1.29 is 14.2 Å². The number of hydrogen-bond donors (Lipinski definition) is 0. The molecule has 0 aromatic heterocycles. The van der Waals surface area contributed by atoms with E-state index < -0.39 is 0 Å². The van der Waals surface area contributed by atoms with E-state index in [4.69, 9.17) is 14.2 Å². The Bertz CT molecular complexity index is 424. The Balaban J connectivity index is 1.67. The molecule has 1 atom stereocenters. The maximum atomic E-state index is 5.80. The summed E-state index contributed by atoms with van der Waals surface area (Å²) in [6.45, 7) is 9.10. The Kier molecular flexibility index (Phi) is 6.96. The summed E-state index contributed by atoms with van der Waals surface area (Å²) in [7, 11) is 3.43. The molecule has 0 radical (unpaired) electrons. The fourth-order valence-corrected chi connectivity index (χ4v) is 2.78. The molecule has 124 valence electrons. The first-order chi connectivity index (χ1) is 10.7. The predicted octanol–water partition coefficient (Wildman–Crippen LogP) is 1.73. The highest BCUT2D eigenvalue weighted by Gasteiger charge is 2.22. The van der Waals surface area contributed by atoms with Gasteiger partial charge in [-0.15, -0.1) is 0 Å². The molecule has 1 heterocycles. The van der Waals surface area contributed by atoms with Gasteiger partial charge in [0, 0.05) is 45.9 Å². The van der Waals surface area contributed by atoms with Crippen LogP contribution in [0.4, 0.5) is 0 Å². The van der Waals surface area contributed by atoms with Gasteiger partial charge in [0.1, 0.15) is 18.1 Å². The third-order valence-corrected chi connectivity index (χ3v) is 4.17. The van der Waals surface area contributed by atoms with Crippen molar-refractivity contribution in [3.05, 3.63) is 24.3 Å². The lowest BCUT2D eigenvalue weighted by Gasteiger charge is -2.39. The van der Waals surface area contributed by atoms with E-state index in [2.05, 4.69) is 16.7 Å². The van der Waals surface area contributed by atoms with Crippen LogP contribution in [0.5, 0.6) is 11.5 Å². The van der Waals surface area contributed by atoms with Gasteiger partial charge in [-0.25, -0.2) is 0 Å². The van der Waals surface area contributed by atoms with Crippen LogP contribution in [0.3, 0.4) is 0 Å². The highest BCUT2D eigenvalue weighted by molar-refractivity contribution is 5.31. The van der Waals surface area contributed by atoms with Crippen molar-refractivity contribution in [3.63, 3.8) is 0 Å². The van der Waals surface area contributed by atoms with Crippen molar-refractivity contribution in [2.24, 2.45) is 0 Å². The van der Waals surface area contributed by atoms with Gasteiger partial charge in [-0.3, -0.25) is 9.80 Å². The molecule has 1 saturated heterocycles. The topological polar surface area (TPSA) is 34.2 Å². The molecular weight excluding hydrogens is 280 g/mol. The standard InChI is InChI=1S/C17H28N2O3/c1-15-14-18(8-9-19(15)11-12-20-2)10-13-22-17-6-4-16(21-3)5-7-17/h4-7,15H,8-14H2,1-3H3/t15-/m1/s1. The first-order valence-corrected chi connectivity index (χ1v) is 7.95. The van der Waals surface area contributed by atoms with Gasteiger partial charge in [-0.1, -0.05) is 0 Å². The van der Waals surface area contributed by atoms with Crippen molar-refractivity contribution in [3.8, 4) is 11.5 Å². The number of piperazine rings is 1. The zero-order valence-electron chi connectivity index (χ0n) is 14.0. The van der Waals surface area contributed by atoms with Crippen molar-refractivity contribution in [2.45, 2.75) is 13.0 Å². The van der Waals surface area contributed by atoms with E-state index >= 15 is 0 Å². The molecule has 1 fully saturated rings. The summed E-state index contributed by atoms with van der Waals surface area (Å²) in [6.07, 6.45) is 0. The molecular formula is C17H28N2O3. The van der Waals surface area contributed by atoms with Crippen LogP contribution in [-0.4, -0.2) is 76.0 Å². The van der Waals surface area contributed by atoms with E-state index in [1.54, 1.807) is 14.2 Å². The lowest BCUT2D eigenvalue weighted by Crippen LogP contribution is -2.53. The van der Waals surface area contributed by atoms with Crippen LogP contribution >= 0.6 is 0 Å². The third kappa shape index (κ3) is 5.16. The zero-order chi connectivity index (χ0) is 15.8. The van der Waals surface area contributed by atoms with E-state index in [0.717, 1.165) is 57.4 Å². The zero-order valence-corrected chi connectivity index (χ0v) is 14.0. The Hall–Kier alpha value is -1.30. The van der Waals surface area contributed by atoms with Gasteiger partial charge in [0.25, 0.3) is 0 Å². The summed E-state index contributed by atoms with van der Waals surface area (Å²) >= 11 is 0. The molecule has 22 heavy (non-hydrogen) atoms. The number of ether oxygens (including phenoxy) is 3. The molecule has 2 rings (SSSR count). The van der Waals surface area contributed by atoms with Crippen LogP contribution in [0.15, 0.2) is 24.3 Å². The maximum Gasteiger partial charge on any atom is 0.119 e. The second-order valence-corrected chi connectivity index (χ2v) is 5.70. The molecule has 0 amide bonds. The Morgan fingerprint density at radius 3 is 2.36 bits per heavy atom. The van der Waals surface area contributed by atoms with Crippen LogP contribution in [0.1, 0.15) is 6.92 Å². The minimum atomic E-state index is 0.574. The second kappa shape index (κ2) is 8.98. The Morgan fingerprint density at radius 2 is 1.73 bits per heavy atom. The molecule has 0 aliphatic carbocycles. The predicted molar refractivity (Wildman–Crippen MR) is 87.8 cm³/mol. The number of hydrogen-bond acceptors (Lipinski definition) is 5. The molecule has 0 spiro atoms. The van der Waals surface area contributed by atoms with Crippen LogP contribution in [-0.2, 0) is 4.74 Å². The smallest absolute Gasteiger partial charge is 0.119 e. The van der Waals surface area contributed by atoms with Gasteiger partial charge >= 0.3 is 0 Å². The second-order valence-electron chi connectivity index (χ2n) is 5.70. The molecule has 1 aromatic carbocycles. The molecule has 0 saturated carbocycles. The van der Waals surface area contributed by atoms with Crippen LogP contribution in [0, 0.1) is 0 Å². The largest absolute Gasteiger partial charge is 0.497 e. The SMILES string of the molecule is COCCN1CCN(CCOc2ccc(OC)cc2)C[C@H]1C. The molecule has 1 aliphatic rings. The first kappa shape index (κ1) is 17.1. The van der Waals surface area contributed by atoms with Gasteiger partial charge < -0.3 is 14.2 Å². The molecule has 1 aromatic rings. The summed E-state index contributed by atoms with van der Waals surface area (Å²) in [5.41, 5.74) is 0. The molecule has 0 unspecified atom stereocenters. The van der Waals surface area contributed by atoms with Crippen LogP contribution in [0.25, 0.3) is 0 Å². The van der Waals surface area contributed by atoms with E-state index in [1.807, 2.05) is 24.3 Å². The van der Waals surface area contributed by atoms with E-state index in [9.17, 15) is 0 Å². The number of nitrogens with zero attached hydrogens (tertiary/aromatic N) is 2. The van der Waals surface area contributed by atoms with Gasteiger partial charge in [-0.2, -0.15) is 0 Å². The fraction of sp³-hybridized carbons (Fsp3) is 0.647. The van der Waals surface area contributed by atoms with E-state index in [-0.39, 0.29) is 0 Å². The minimum Gasteiger partial charge on any atom is -0.497 e. The third-order valence-electron chi connectivity index (χ3n) is 4.17. The maximum absolute atomic E-state index is 5.80. The Labute approximate surface area is 133 Å². The van der Waals surface area contributed by atoms with Gasteiger partial charge in [0.05, 0.1) is 13.7 Å². The minimum absolute atomic E-state index is 0.574. The Morgan fingerprint density at radius 1 is 1.00 bits per heavy atom.